The van der Waals surface area contributed by atoms with Gasteiger partial charge in [-0.25, -0.2) is 16.8 Å². The molecule has 3 rings (SSSR count). The van der Waals surface area contributed by atoms with E-state index >= 15 is 0 Å². The predicted molar refractivity (Wildman–Crippen MR) is 113 cm³/mol. The lowest BCUT2D eigenvalue weighted by molar-refractivity contribution is 0.222. The normalized spacial score (nSPS) is 16.2. The quantitative estimate of drug-likeness (QED) is 0.673. The Morgan fingerprint density at radius 2 is 1.50 bits per heavy atom. The summed E-state index contributed by atoms with van der Waals surface area (Å²) in [6, 6.07) is 10.1. The maximum Gasteiger partial charge on any atom is 0.265 e. The van der Waals surface area contributed by atoms with Gasteiger partial charge in [-0.3, -0.25) is 4.72 Å². The van der Waals surface area contributed by atoms with E-state index in [0.717, 1.165) is 0 Å². The number of nitrogens with zero attached hydrogens (tertiary/aromatic N) is 2. The zero-order chi connectivity index (χ0) is 21.9. The van der Waals surface area contributed by atoms with Crippen LogP contribution >= 0.6 is 0 Å². The maximum atomic E-state index is 12.8. The smallest absolute Gasteiger partial charge is 0.265 e. The molecule has 0 spiro atoms. The first-order valence-corrected chi connectivity index (χ1v) is 12.1. The average molecular weight is 456 g/mol. The second-order valence-corrected chi connectivity index (χ2v) is 10.4. The highest BCUT2D eigenvalue weighted by Gasteiger charge is 2.27. The van der Waals surface area contributed by atoms with Crippen molar-refractivity contribution in [2.24, 2.45) is 0 Å². The molecule has 1 aliphatic rings. The van der Waals surface area contributed by atoms with Gasteiger partial charge in [0.1, 0.15) is 16.4 Å². The summed E-state index contributed by atoms with van der Waals surface area (Å²) in [7, 11) is -2.85. The monoisotopic (exact) mass is 455 g/mol. The molecule has 2 aromatic carbocycles. The number of methoxy groups -OCH3 is 2. The Balaban J connectivity index is 1.82. The zero-order valence-electron chi connectivity index (χ0n) is 17.0. The first kappa shape index (κ1) is 22.3. The molecule has 0 bridgehead atoms. The summed E-state index contributed by atoms with van der Waals surface area (Å²) in [6.07, 6.45) is 0. The summed E-state index contributed by atoms with van der Waals surface area (Å²) in [5, 5.41) is 0. The fourth-order valence-electron chi connectivity index (χ4n) is 3.08. The largest absolute Gasteiger partial charge is 0.497 e. The molecular weight excluding hydrogens is 430 g/mol. The lowest BCUT2D eigenvalue weighted by Gasteiger charge is -2.31. The Bertz CT molecular complexity index is 1090. The first-order chi connectivity index (χ1) is 14.2. The van der Waals surface area contributed by atoms with Gasteiger partial charge in [-0.1, -0.05) is 0 Å². The first-order valence-electron chi connectivity index (χ1n) is 9.21. The number of hydrogen-bond acceptors (Lipinski definition) is 7. The van der Waals surface area contributed by atoms with Crippen LogP contribution in [0.15, 0.2) is 52.3 Å². The fraction of sp³-hybridized carbons (Fsp3) is 0.368. The van der Waals surface area contributed by atoms with Gasteiger partial charge in [-0.15, -0.1) is 0 Å². The molecule has 0 atom stereocenters. The van der Waals surface area contributed by atoms with E-state index in [1.54, 1.807) is 6.07 Å². The second-order valence-electron chi connectivity index (χ2n) is 6.85. The van der Waals surface area contributed by atoms with Crippen molar-refractivity contribution in [3.8, 4) is 11.5 Å². The van der Waals surface area contributed by atoms with Gasteiger partial charge >= 0.3 is 0 Å². The average Bonchev–Trinajstić information content (AvgIpc) is 2.73. The van der Waals surface area contributed by atoms with Crippen molar-refractivity contribution >= 4 is 25.7 Å². The molecule has 1 N–H and O–H groups in total. The van der Waals surface area contributed by atoms with E-state index in [1.807, 2.05) is 7.05 Å². The van der Waals surface area contributed by atoms with Gasteiger partial charge in [-0.2, -0.15) is 4.31 Å². The SMILES string of the molecule is COc1ccc(OC)c(S(=O)(=O)Nc2ccc(S(=O)(=O)N3CCN(C)CC3)cc2)c1. The number of anilines is 1. The summed E-state index contributed by atoms with van der Waals surface area (Å²) in [5.74, 6) is 0.530. The van der Waals surface area contributed by atoms with Crippen LogP contribution in [0.3, 0.4) is 0 Å². The van der Waals surface area contributed by atoms with E-state index in [4.69, 9.17) is 9.47 Å². The van der Waals surface area contributed by atoms with Crippen LogP contribution in [0.1, 0.15) is 0 Å². The van der Waals surface area contributed by atoms with Crippen LogP contribution in [-0.4, -0.2) is 73.5 Å². The van der Waals surface area contributed by atoms with Crippen LogP contribution in [-0.2, 0) is 20.0 Å². The van der Waals surface area contributed by atoms with E-state index in [1.165, 1.54) is 54.9 Å². The lowest BCUT2D eigenvalue weighted by Crippen LogP contribution is -2.46. The molecule has 0 radical (unpaired) electrons. The van der Waals surface area contributed by atoms with E-state index in [-0.39, 0.29) is 21.2 Å². The Morgan fingerprint density at radius 3 is 2.07 bits per heavy atom. The summed E-state index contributed by atoms with van der Waals surface area (Å²) >= 11 is 0. The molecule has 0 aliphatic carbocycles. The van der Waals surface area contributed by atoms with Gasteiger partial charge in [0.2, 0.25) is 10.0 Å². The van der Waals surface area contributed by atoms with Crippen LogP contribution in [0.4, 0.5) is 5.69 Å². The van der Waals surface area contributed by atoms with Gasteiger partial charge in [0.05, 0.1) is 19.1 Å². The van der Waals surface area contributed by atoms with Crippen molar-refractivity contribution in [3.05, 3.63) is 42.5 Å². The topological polar surface area (TPSA) is 105 Å². The molecule has 1 fully saturated rings. The van der Waals surface area contributed by atoms with Crippen LogP contribution in [0.5, 0.6) is 11.5 Å². The molecule has 2 aromatic rings. The standard InChI is InChI=1S/C19H25N3O6S2/c1-21-10-12-22(13-11-21)30(25,26)17-7-4-15(5-8-17)20-29(23,24)19-14-16(27-2)6-9-18(19)28-3/h4-9,14,20H,10-13H2,1-3H3. The number of piperazine rings is 1. The van der Waals surface area contributed by atoms with Crippen molar-refractivity contribution in [1.82, 2.24) is 9.21 Å². The van der Waals surface area contributed by atoms with E-state index in [2.05, 4.69) is 9.62 Å². The molecule has 9 nitrogen and oxygen atoms in total. The number of hydrogen-bond donors (Lipinski definition) is 1. The van der Waals surface area contributed by atoms with Crippen molar-refractivity contribution in [1.29, 1.82) is 0 Å². The minimum absolute atomic E-state index is 0.0847. The predicted octanol–water partition coefficient (Wildman–Crippen LogP) is 1.44. The van der Waals surface area contributed by atoms with E-state index in [0.29, 0.717) is 31.9 Å². The van der Waals surface area contributed by atoms with E-state index < -0.39 is 20.0 Å². The Kier molecular flexibility index (Phi) is 6.56. The highest BCUT2D eigenvalue weighted by atomic mass is 32.2. The highest BCUT2D eigenvalue weighted by molar-refractivity contribution is 7.92. The third-order valence-electron chi connectivity index (χ3n) is 4.87. The number of ether oxygens (including phenoxy) is 2. The maximum absolute atomic E-state index is 12.8. The number of likely N-dealkylation sites (N-methyl/N-ethyl adjacent to an activating group) is 1. The molecule has 11 heteroatoms. The van der Waals surface area contributed by atoms with Crippen LogP contribution in [0, 0.1) is 0 Å². The minimum atomic E-state index is -3.98. The molecule has 0 amide bonds. The van der Waals surface area contributed by atoms with Gasteiger partial charge < -0.3 is 14.4 Å². The second kappa shape index (κ2) is 8.80. The van der Waals surface area contributed by atoms with Crippen LogP contribution < -0.4 is 14.2 Å². The highest BCUT2D eigenvalue weighted by Crippen LogP contribution is 2.30. The third-order valence-corrected chi connectivity index (χ3v) is 8.18. The Morgan fingerprint density at radius 1 is 0.867 bits per heavy atom. The molecule has 1 saturated heterocycles. The Labute approximate surface area is 177 Å². The van der Waals surface area contributed by atoms with Gasteiger partial charge in [-0.05, 0) is 43.4 Å². The van der Waals surface area contributed by atoms with Crippen molar-refractivity contribution in [2.45, 2.75) is 9.79 Å². The zero-order valence-corrected chi connectivity index (χ0v) is 18.7. The number of nitrogens with one attached hydrogen (secondary N) is 1. The molecular formula is C19H25N3O6S2. The lowest BCUT2D eigenvalue weighted by atomic mass is 10.3. The summed E-state index contributed by atoms with van der Waals surface area (Å²) in [5.41, 5.74) is 0.234. The summed E-state index contributed by atoms with van der Waals surface area (Å²) < 4.78 is 65.4. The van der Waals surface area contributed by atoms with Crippen molar-refractivity contribution in [2.75, 3.05) is 52.2 Å². The molecule has 0 aromatic heterocycles. The van der Waals surface area contributed by atoms with E-state index in [9.17, 15) is 16.8 Å². The number of rotatable bonds is 7. The third kappa shape index (κ3) is 4.69. The van der Waals surface area contributed by atoms with Crippen molar-refractivity contribution in [3.63, 3.8) is 0 Å². The van der Waals surface area contributed by atoms with Crippen molar-refractivity contribution < 1.29 is 26.3 Å². The molecule has 0 unspecified atom stereocenters. The fourth-order valence-corrected chi connectivity index (χ4v) is 5.74. The molecule has 164 valence electrons. The summed E-state index contributed by atoms with van der Waals surface area (Å²) in [6.45, 7) is 2.17. The summed E-state index contributed by atoms with van der Waals surface area (Å²) in [4.78, 5) is 2.10. The molecule has 30 heavy (non-hydrogen) atoms. The molecule has 0 saturated carbocycles. The van der Waals surface area contributed by atoms with Gasteiger partial charge in [0.25, 0.3) is 10.0 Å². The molecule has 1 aliphatic heterocycles. The Hall–Kier alpha value is -2.34. The number of benzene rings is 2. The number of sulfonamides is 2. The van der Waals surface area contributed by atoms with Crippen LogP contribution in [0.2, 0.25) is 0 Å². The van der Waals surface area contributed by atoms with Gasteiger partial charge in [0.15, 0.2) is 0 Å². The molecule has 1 heterocycles. The van der Waals surface area contributed by atoms with Gasteiger partial charge in [0, 0.05) is 37.9 Å². The van der Waals surface area contributed by atoms with Crippen LogP contribution in [0.25, 0.3) is 0 Å². The minimum Gasteiger partial charge on any atom is -0.497 e.